The van der Waals surface area contributed by atoms with E-state index in [9.17, 15) is 9.59 Å². The molecule has 2 rings (SSSR count). The second kappa shape index (κ2) is 7.04. The van der Waals surface area contributed by atoms with Crippen molar-refractivity contribution in [2.24, 2.45) is 5.92 Å². The Hall–Kier alpha value is -1.40. The van der Waals surface area contributed by atoms with E-state index in [-0.39, 0.29) is 11.8 Å². The highest BCUT2D eigenvalue weighted by Crippen LogP contribution is 2.20. The zero-order valence-corrected chi connectivity index (χ0v) is 13.3. The summed E-state index contributed by atoms with van der Waals surface area (Å²) >= 11 is 1.21. The lowest BCUT2D eigenvalue weighted by molar-refractivity contribution is -0.126. The summed E-state index contributed by atoms with van der Waals surface area (Å²) in [7, 11) is 0. The molecule has 2 N–H and O–H groups in total. The van der Waals surface area contributed by atoms with E-state index in [0.717, 1.165) is 30.8 Å². The highest BCUT2D eigenvalue weighted by atomic mass is 32.1. The largest absolute Gasteiger partial charge is 0.477 e. The van der Waals surface area contributed by atoms with Crippen LogP contribution < -0.4 is 5.32 Å². The molecule has 0 spiro atoms. The third-order valence-corrected chi connectivity index (χ3v) is 5.01. The normalized spacial score (nSPS) is 17.1. The number of piperidine rings is 1. The van der Waals surface area contributed by atoms with E-state index in [1.807, 2.05) is 0 Å². The van der Waals surface area contributed by atoms with Gasteiger partial charge in [0.1, 0.15) is 4.88 Å². The minimum Gasteiger partial charge on any atom is -0.477 e. The molecule has 1 fully saturated rings. The maximum Gasteiger partial charge on any atom is 0.345 e. The molecule has 1 aromatic rings. The first kappa shape index (κ1) is 16.0. The van der Waals surface area contributed by atoms with Gasteiger partial charge in [-0.3, -0.25) is 4.79 Å². The first-order valence-electron chi connectivity index (χ1n) is 7.31. The summed E-state index contributed by atoms with van der Waals surface area (Å²) in [6.45, 7) is 6.71. The highest BCUT2D eigenvalue weighted by Gasteiger charge is 2.25. The average Bonchev–Trinajstić information content (AvgIpc) is 2.94. The molecular weight excluding hydrogens is 288 g/mol. The standard InChI is InChI=1S/C15H22N2O3S/c1-10(2)17-7-5-11(6-8-17)14(18)16-9-12-3-4-13(21-12)15(19)20/h3-4,10-11H,5-9H2,1-2H3,(H,16,18)(H,19,20). The number of amides is 1. The van der Waals surface area contributed by atoms with Crippen LogP contribution in [0.4, 0.5) is 0 Å². The molecule has 0 aliphatic carbocycles. The molecule has 116 valence electrons. The maximum absolute atomic E-state index is 12.1. The number of nitrogens with one attached hydrogen (secondary N) is 1. The van der Waals surface area contributed by atoms with E-state index in [1.165, 1.54) is 11.3 Å². The Morgan fingerprint density at radius 3 is 2.57 bits per heavy atom. The van der Waals surface area contributed by atoms with Crippen LogP contribution in [-0.4, -0.2) is 41.0 Å². The van der Waals surface area contributed by atoms with Crippen molar-refractivity contribution in [1.29, 1.82) is 0 Å². The molecule has 1 aliphatic rings. The number of likely N-dealkylation sites (tertiary alicyclic amines) is 1. The van der Waals surface area contributed by atoms with E-state index < -0.39 is 5.97 Å². The fraction of sp³-hybridized carbons (Fsp3) is 0.600. The highest BCUT2D eigenvalue weighted by molar-refractivity contribution is 7.13. The number of carboxylic acids is 1. The summed E-state index contributed by atoms with van der Waals surface area (Å²) < 4.78 is 0. The minimum absolute atomic E-state index is 0.0823. The van der Waals surface area contributed by atoms with Crippen molar-refractivity contribution in [3.63, 3.8) is 0 Å². The van der Waals surface area contributed by atoms with Crippen LogP contribution in [0.25, 0.3) is 0 Å². The van der Waals surface area contributed by atoms with Gasteiger partial charge in [0.2, 0.25) is 5.91 Å². The SMILES string of the molecule is CC(C)N1CCC(C(=O)NCc2ccc(C(=O)O)s2)CC1. The smallest absolute Gasteiger partial charge is 0.345 e. The number of carbonyl (C=O) groups excluding carboxylic acids is 1. The summed E-state index contributed by atoms with van der Waals surface area (Å²) in [5, 5.41) is 11.8. The molecule has 1 amide bonds. The van der Waals surface area contributed by atoms with Gasteiger partial charge in [-0.2, -0.15) is 0 Å². The topological polar surface area (TPSA) is 69.6 Å². The first-order chi connectivity index (χ1) is 9.97. The van der Waals surface area contributed by atoms with Crippen molar-refractivity contribution >= 4 is 23.2 Å². The van der Waals surface area contributed by atoms with Gasteiger partial charge in [0, 0.05) is 16.8 Å². The lowest BCUT2D eigenvalue weighted by Gasteiger charge is -2.33. The van der Waals surface area contributed by atoms with Gasteiger partial charge < -0.3 is 15.3 Å². The summed E-state index contributed by atoms with van der Waals surface area (Å²) in [5.74, 6) is -0.749. The van der Waals surface area contributed by atoms with Crippen molar-refractivity contribution in [2.75, 3.05) is 13.1 Å². The fourth-order valence-corrected chi connectivity index (χ4v) is 3.37. The molecular formula is C15H22N2O3S. The molecule has 5 nitrogen and oxygen atoms in total. The van der Waals surface area contributed by atoms with Crippen LogP contribution in [0, 0.1) is 5.92 Å². The van der Waals surface area contributed by atoms with E-state index in [1.54, 1.807) is 12.1 Å². The molecule has 0 radical (unpaired) electrons. The predicted octanol–water partition coefficient (Wildman–Crippen LogP) is 2.18. The number of carbonyl (C=O) groups is 2. The van der Waals surface area contributed by atoms with Crippen molar-refractivity contribution in [1.82, 2.24) is 10.2 Å². The minimum atomic E-state index is -0.918. The Kier molecular flexibility index (Phi) is 5.36. The van der Waals surface area contributed by atoms with Crippen LogP contribution in [0.3, 0.4) is 0 Å². The first-order valence-corrected chi connectivity index (χ1v) is 8.12. The molecule has 0 atom stereocenters. The van der Waals surface area contributed by atoms with Crippen molar-refractivity contribution in [3.05, 3.63) is 21.9 Å². The Morgan fingerprint density at radius 2 is 2.05 bits per heavy atom. The Balaban J connectivity index is 1.78. The van der Waals surface area contributed by atoms with Gasteiger partial charge in [0.05, 0.1) is 6.54 Å². The Bertz CT molecular complexity index is 505. The number of aromatic carboxylic acids is 1. The quantitative estimate of drug-likeness (QED) is 0.874. The van der Waals surface area contributed by atoms with Crippen molar-refractivity contribution in [3.8, 4) is 0 Å². The molecule has 21 heavy (non-hydrogen) atoms. The summed E-state index contributed by atoms with van der Waals surface area (Å²) in [6.07, 6.45) is 1.80. The molecule has 0 bridgehead atoms. The van der Waals surface area contributed by atoms with Gasteiger partial charge in [-0.15, -0.1) is 11.3 Å². The number of carboxylic acid groups (broad SMARTS) is 1. The van der Waals surface area contributed by atoms with Crippen LogP contribution in [0.15, 0.2) is 12.1 Å². The second-order valence-corrected chi connectivity index (χ2v) is 6.86. The van der Waals surface area contributed by atoms with Gasteiger partial charge >= 0.3 is 5.97 Å². The lowest BCUT2D eigenvalue weighted by Crippen LogP contribution is -2.42. The van der Waals surface area contributed by atoms with E-state index >= 15 is 0 Å². The monoisotopic (exact) mass is 310 g/mol. The van der Waals surface area contributed by atoms with Crippen LogP contribution in [-0.2, 0) is 11.3 Å². The predicted molar refractivity (Wildman–Crippen MR) is 82.6 cm³/mol. The zero-order valence-electron chi connectivity index (χ0n) is 12.5. The summed E-state index contributed by atoms with van der Waals surface area (Å²) in [6, 6.07) is 3.88. The van der Waals surface area contributed by atoms with Gasteiger partial charge in [0.15, 0.2) is 0 Å². The number of nitrogens with zero attached hydrogens (tertiary/aromatic N) is 1. The molecule has 0 aromatic carbocycles. The van der Waals surface area contributed by atoms with E-state index in [0.29, 0.717) is 17.5 Å². The van der Waals surface area contributed by atoms with Crippen molar-refractivity contribution < 1.29 is 14.7 Å². The van der Waals surface area contributed by atoms with Crippen LogP contribution >= 0.6 is 11.3 Å². The molecule has 1 aliphatic heterocycles. The van der Waals surface area contributed by atoms with Gasteiger partial charge in [-0.1, -0.05) is 0 Å². The van der Waals surface area contributed by atoms with Crippen LogP contribution in [0.5, 0.6) is 0 Å². The number of hydrogen-bond donors (Lipinski definition) is 2. The molecule has 2 heterocycles. The Morgan fingerprint density at radius 1 is 1.38 bits per heavy atom. The molecule has 0 saturated carbocycles. The third-order valence-electron chi connectivity index (χ3n) is 3.94. The van der Waals surface area contributed by atoms with Gasteiger partial charge in [-0.05, 0) is 51.9 Å². The lowest BCUT2D eigenvalue weighted by atomic mass is 9.95. The molecule has 6 heteroatoms. The fourth-order valence-electron chi connectivity index (χ4n) is 2.58. The van der Waals surface area contributed by atoms with E-state index in [4.69, 9.17) is 5.11 Å². The van der Waals surface area contributed by atoms with Crippen LogP contribution in [0.2, 0.25) is 0 Å². The van der Waals surface area contributed by atoms with Crippen molar-refractivity contribution in [2.45, 2.75) is 39.3 Å². The molecule has 1 aromatic heterocycles. The van der Waals surface area contributed by atoms with Crippen LogP contribution in [0.1, 0.15) is 41.2 Å². The number of hydrogen-bond acceptors (Lipinski definition) is 4. The zero-order chi connectivity index (χ0) is 15.4. The molecule has 0 unspecified atom stereocenters. The van der Waals surface area contributed by atoms with Gasteiger partial charge in [-0.25, -0.2) is 4.79 Å². The summed E-state index contributed by atoms with van der Waals surface area (Å²) in [5.41, 5.74) is 0. The Labute approximate surface area is 129 Å². The van der Waals surface area contributed by atoms with E-state index in [2.05, 4.69) is 24.1 Å². The summed E-state index contributed by atoms with van der Waals surface area (Å²) in [4.78, 5) is 26.5. The van der Waals surface area contributed by atoms with Gasteiger partial charge in [0.25, 0.3) is 0 Å². The second-order valence-electron chi connectivity index (χ2n) is 5.69. The number of thiophene rings is 1. The third kappa shape index (κ3) is 4.28. The molecule has 1 saturated heterocycles. The number of rotatable bonds is 5. The maximum atomic E-state index is 12.1. The average molecular weight is 310 g/mol.